The Balaban J connectivity index is 2.13. The van der Waals surface area contributed by atoms with Crippen molar-refractivity contribution in [2.45, 2.75) is 18.5 Å². The number of halogens is 6. The topological polar surface area (TPSA) is 94.4 Å². The Kier molecular flexibility index (Phi) is 4.46. The van der Waals surface area contributed by atoms with Crippen molar-refractivity contribution in [1.29, 1.82) is 0 Å². The summed E-state index contributed by atoms with van der Waals surface area (Å²) in [6.45, 7) is 0. The second-order valence-corrected chi connectivity index (χ2v) is 7.85. The van der Waals surface area contributed by atoms with Crippen LogP contribution in [0.3, 0.4) is 0 Å². The molecule has 0 aromatic heterocycles. The van der Waals surface area contributed by atoms with Gasteiger partial charge >= 0.3 is 12.4 Å². The molecule has 152 valence electrons. The summed E-state index contributed by atoms with van der Waals surface area (Å²) in [6, 6.07) is 0. The molecule has 1 atom stereocenters. The van der Waals surface area contributed by atoms with Gasteiger partial charge in [-0.15, -0.1) is 0 Å². The van der Waals surface area contributed by atoms with E-state index in [0.29, 0.717) is 24.6 Å². The van der Waals surface area contributed by atoms with Crippen LogP contribution in [0.2, 0.25) is 0 Å². The number of rotatable bonds is 1. The number of allylic oxidation sites excluding steroid dienone is 3. The molecule has 7 nitrogen and oxygen atoms in total. The van der Waals surface area contributed by atoms with E-state index in [4.69, 9.17) is 0 Å². The van der Waals surface area contributed by atoms with Crippen LogP contribution >= 0.6 is 0 Å². The average molecular weight is 428 g/mol. The Labute approximate surface area is 153 Å². The molecule has 0 bridgehead atoms. The summed E-state index contributed by atoms with van der Waals surface area (Å²) in [5.41, 5.74) is -3.47. The van der Waals surface area contributed by atoms with Crippen molar-refractivity contribution in [3.63, 3.8) is 0 Å². The first-order chi connectivity index (χ1) is 12.7. The number of hydroxylamine groups is 2. The Bertz CT molecular complexity index is 1010. The minimum absolute atomic E-state index is 0.0962. The van der Waals surface area contributed by atoms with Crippen LogP contribution in [0.25, 0.3) is 0 Å². The zero-order valence-corrected chi connectivity index (χ0v) is 14.5. The summed E-state index contributed by atoms with van der Waals surface area (Å²) in [7, 11) is -4.29. The van der Waals surface area contributed by atoms with Crippen LogP contribution in [0.5, 0.6) is 0 Å². The molecule has 0 fully saturated rings. The lowest BCUT2D eigenvalue weighted by Gasteiger charge is -2.25. The zero-order valence-electron chi connectivity index (χ0n) is 13.7. The lowest BCUT2D eigenvalue weighted by Crippen LogP contribution is -2.33. The molecule has 3 aliphatic heterocycles. The number of sulfone groups is 1. The number of nitrogens with zero attached hydrogens (tertiary/aromatic N) is 3. The number of aliphatic imine (C=N–C) groups is 2. The number of alkyl halides is 6. The van der Waals surface area contributed by atoms with Gasteiger partial charge < -0.3 is 5.32 Å². The molecule has 14 heteroatoms. The molecule has 0 aromatic carbocycles. The van der Waals surface area contributed by atoms with E-state index in [2.05, 4.69) is 15.3 Å². The second-order valence-electron chi connectivity index (χ2n) is 5.86. The van der Waals surface area contributed by atoms with Gasteiger partial charge in [0.1, 0.15) is 5.70 Å². The van der Waals surface area contributed by atoms with Crippen molar-refractivity contribution in [3.8, 4) is 0 Å². The van der Waals surface area contributed by atoms with Gasteiger partial charge in [0.25, 0.3) is 0 Å². The first-order valence-electron chi connectivity index (χ1n) is 7.28. The number of fused-ring (bicyclic) bond motifs is 1. The molecule has 1 unspecified atom stereocenters. The second kappa shape index (κ2) is 6.20. The fourth-order valence-electron chi connectivity index (χ4n) is 2.50. The Hall–Kier alpha value is -2.61. The highest BCUT2D eigenvalue weighted by atomic mass is 32.2. The molecule has 0 aromatic rings. The average Bonchev–Trinajstić information content (AvgIpc) is 2.93. The quantitative estimate of drug-likeness (QED) is 0.625. The maximum absolute atomic E-state index is 12.9. The van der Waals surface area contributed by atoms with Crippen molar-refractivity contribution >= 4 is 21.8 Å². The number of dihydropyridines is 1. The van der Waals surface area contributed by atoms with E-state index in [-0.39, 0.29) is 17.0 Å². The number of hydrogen-bond acceptors (Lipinski definition) is 7. The zero-order chi connectivity index (χ0) is 21.1. The predicted molar refractivity (Wildman–Crippen MR) is 84.7 cm³/mol. The molecule has 28 heavy (non-hydrogen) atoms. The van der Waals surface area contributed by atoms with Gasteiger partial charge in [-0.2, -0.15) is 26.3 Å². The first-order valence-corrected chi connectivity index (χ1v) is 9.18. The van der Waals surface area contributed by atoms with Crippen LogP contribution < -0.4 is 5.32 Å². The number of hydrogen-bond donors (Lipinski definition) is 2. The maximum atomic E-state index is 12.9. The molecule has 2 N–H and O–H groups in total. The Morgan fingerprint density at radius 1 is 1.11 bits per heavy atom. The minimum Gasteiger partial charge on any atom is -0.342 e. The summed E-state index contributed by atoms with van der Waals surface area (Å²) in [5.74, 6) is -0.450. The van der Waals surface area contributed by atoms with E-state index < -0.39 is 55.9 Å². The predicted octanol–water partition coefficient (Wildman–Crippen LogP) is 2.18. The van der Waals surface area contributed by atoms with E-state index in [9.17, 15) is 40.0 Å². The monoisotopic (exact) mass is 428 g/mol. The van der Waals surface area contributed by atoms with Gasteiger partial charge in [-0.25, -0.2) is 18.5 Å². The Morgan fingerprint density at radius 3 is 2.25 bits per heavy atom. The molecule has 3 rings (SSSR count). The van der Waals surface area contributed by atoms with Crippen molar-refractivity contribution < 1.29 is 40.0 Å². The highest BCUT2D eigenvalue weighted by Gasteiger charge is 2.41. The van der Waals surface area contributed by atoms with Gasteiger partial charge in [-0.3, -0.25) is 10.2 Å². The molecule has 0 aliphatic carbocycles. The van der Waals surface area contributed by atoms with Gasteiger partial charge in [0, 0.05) is 18.7 Å². The SMILES string of the molecule is CS(=O)(=O)C1=CC(C(F)(F)F)=CN(O)C1=C1N=C2C=C(C(F)(F)F)C=NC2N1. The van der Waals surface area contributed by atoms with E-state index in [0.717, 1.165) is 0 Å². The highest BCUT2D eigenvalue weighted by Crippen LogP contribution is 2.37. The smallest absolute Gasteiger partial charge is 0.342 e. The standard InChI is InChI=1S/C14H10F6N4O3S/c1-28(26,27)9-3-7(14(18,19)20)5-24(25)10(9)12-22-8-2-6(13(15,16)17)4-21-11(8)23-12/h2-5,11,23,25H,1H3. The lowest BCUT2D eigenvalue weighted by molar-refractivity contribution is -0.0942. The first kappa shape index (κ1) is 20.1. The van der Waals surface area contributed by atoms with Crippen LogP contribution in [0.4, 0.5) is 26.3 Å². The van der Waals surface area contributed by atoms with Crippen LogP contribution in [0, 0.1) is 0 Å². The highest BCUT2D eigenvalue weighted by molar-refractivity contribution is 7.94. The number of nitrogens with one attached hydrogen (secondary N) is 1. The van der Waals surface area contributed by atoms with E-state index in [1.807, 2.05) is 0 Å². The van der Waals surface area contributed by atoms with Gasteiger partial charge in [0.15, 0.2) is 21.8 Å². The summed E-state index contributed by atoms with van der Waals surface area (Å²) in [5, 5.41) is 12.3. The molecule has 0 saturated carbocycles. The molecule has 0 saturated heterocycles. The summed E-state index contributed by atoms with van der Waals surface area (Å²) in [4.78, 5) is 6.46. The van der Waals surface area contributed by atoms with E-state index >= 15 is 0 Å². The van der Waals surface area contributed by atoms with Crippen LogP contribution in [-0.2, 0) is 9.84 Å². The van der Waals surface area contributed by atoms with Crippen LogP contribution in [0.1, 0.15) is 0 Å². The summed E-state index contributed by atoms with van der Waals surface area (Å²) >= 11 is 0. The molecule has 0 radical (unpaired) electrons. The van der Waals surface area contributed by atoms with Crippen molar-refractivity contribution in [2.24, 2.45) is 9.98 Å². The van der Waals surface area contributed by atoms with Gasteiger partial charge in [0.05, 0.1) is 21.8 Å². The summed E-state index contributed by atoms with van der Waals surface area (Å²) < 4.78 is 101. The van der Waals surface area contributed by atoms with Crippen molar-refractivity contribution in [3.05, 3.63) is 45.9 Å². The molecule has 3 aliphatic rings. The molecular weight excluding hydrogens is 418 g/mol. The van der Waals surface area contributed by atoms with Gasteiger partial charge in [-0.05, 0) is 12.2 Å². The molecule has 0 amide bonds. The fraction of sp³-hybridized carbons (Fsp3) is 0.286. The normalized spacial score (nSPS) is 25.6. The molecular formula is C14H10F6N4O3S. The molecule has 3 heterocycles. The third-order valence-corrected chi connectivity index (χ3v) is 4.86. The van der Waals surface area contributed by atoms with Crippen molar-refractivity contribution in [1.82, 2.24) is 10.4 Å². The van der Waals surface area contributed by atoms with Gasteiger partial charge in [-0.1, -0.05) is 0 Å². The Morgan fingerprint density at radius 2 is 1.71 bits per heavy atom. The maximum Gasteiger partial charge on any atom is 0.417 e. The van der Waals surface area contributed by atoms with Crippen LogP contribution in [-0.4, -0.2) is 55.4 Å². The largest absolute Gasteiger partial charge is 0.417 e. The van der Waals surface area contributed by atoms with Crippen LogP contribution in [0.15, 0.2) is 55.9 Å². The minimum atomic E-state index is -4.95. The fourth-order valence-corrected chi connectivity index (χ4v) is 3.38. The summed E-state index contributed by atoms with van der Waals surface area (Å²) in [6.07, 6.45) is -8.44. The lowest BCUT2D eigenvalue weighted by atomic mass is 10.1. The van der Waals surface area contributed by atoms with E-state index in [1.54, 1.807) is 0 Å². The van der Waals surface area contributed by atoms with Crippen molar-refractivity contribution in [2.75, 3.05) is 6.26 Å². The van der Waals surface area contributed by atoms with Gasteiger partial charge in [0.2, 0.25) is 0 Å². The third kappa shape index (κ3) is 3.69. The van der Waals surface area contributed by atoms with E-state index in [1.165, 1.54) is 0 Å². The molecule has 0 spiro atoms. The third-order valence-electron chi connectivity index (χ3n) is 3.75.